The lowest BCUT2D eigenvalue weighted by molar-refractivity contribution is 0.673. The Bertz CT molecular complexity index is 3090. The maximum absolute atomic E-state index is 6.73. The van der Waals surface area contributed by atoms with Crippen molar-refractivity contribution in [3.63, 3.8) is 0 Å². The summed E-state index contributed by atoms with van der Waals surface area (Å²) in [5.41, 5.74) is 11.6. The van der Waals surface area contributed by atoms with Crippen LogP contribution in [0.3, 0.4) is 0 Å². The Hall–Kier alpha value is -6.96. The summed E-state index contributed by atoms with van der Waals surface area (Å²) < 4.78 is 6.73. The van der Waals surface area contributed by atoms with Crippen molar-refractivity contribution >= 4 is 65.0 Å². The zero-order valence-corrected chi connectivity index (χ0v) is 28.9. The number of hydrogen-bond donors (Lipinski definition) is 0. The van der Waals surface area contributed by atoms with Crippen LogP contribution in [0.2, 0.25) is 0 Å². The quantitative estimate of drug-likeness (QED) is 0.170. The van der Waals surface area contributed by atoms with Gasteiger partial charge in [0, 0.05) is 21.5 Å². The molecule has 1 nitrogen and oxygen atoms in total. The van der Waals surface area contributed by atoms with E-state index in [0.29, 0.717) is 0 Å². The minimum atomic E-state index is 0.908. The number of hydrogen-bond acceptors (Lipinski definition) is 1. The molecule has 1 heterocycles. The Balaban J connectivity index is 1.30. The van der Waals surface area contributed by atoms with Gasteiger partial charge in [-0.25, -0.2) is 0 Å². The van der Waals surface area contributed by atoms with E-state index in [1.807, 2.05) is 0 Å². The lowest BCUT2D eigenvalue weighted by Gasteiger charge is -2.23. The predicted octanol–water partition coefficient (Wildman–Crippen LogP) is 14.9. The molecular formula is C52H32O. The molecular weight excluding hydrogens is 641 g/mol. The number of furan rings is 1. The first-order valence-electron chi connectivity index (χ1n) is 18.3. The van der Waals surface area contributed by atoms with Gasteiger partial charge in [0.05, 0.1) is 0 Å². The van der Waals surface area contributed by atoms with Gasteiger partial charge in [0.15, 0.2) is 0 Å². The molecule has 1 heteroatoms. The summed E-state index contributed by atoms with van der Waals surface area (Å²) in [5.74, 6) is 0. The largest absolute Gasteiger partial charge is 0.455 e. The zero-order chi connectivity index (χ0) is 34.9. The van der Waals surface area contributed by atoms with Crippen LogP contribution < -0.4 is 0 Å². The van der Waals surface area contributed by atoms with E-state index in [9.17, 15) is 0 Å². The second-order valence-electron chi connectivity index (χ2n) is 13.9. The SMILES string of the molecule is c1ccc(-c2cccc(-c3ccccc3)c2-c2c3ccccc3c(-c3cccc4ccc5oc6c7ccccc7ccc6c5c34)c3ccccc23)cc1. The molecule has 0 unspecified atom stereocenters. The fraction of sp³-hybridized carbons (Fsp3) is 0. The maximum Gasteiger partial charge on any atom is 0.143 e. The fourth-order valence-corrected chi connectivity index (χ4v) is 8.81. The third-order valence-electron chi connectivity index (χ3n) is 11.1. The summed E-state index contributed by atoms with van der Waals surface area (Å²) in [6, 6.07) is 70.5. The van der Waals surface area contributed by atoms with Crippen LogP contribution in [0.25, 0.3) is 110 Å². The second kappa shape index (κ2) is 11.8. The molecule has 53 heavy (non-hydrogen) atoms. The summed E-state index contributed by atoms with van der Waals surface area (Å²) in [7, 11) is 0. The normalized spacial score (nSPS) is 11.8. The number of benzene rings is 10. The van der Waals surface area contributed by atoms with Crippen molar-refractivity contribution in [3.8, 4) is 44.5 Å². The van der Waals surface area contributed by atoms with Crippen LogP contribution in [-0.2, 0) is 0 Å². The minimum absolute atomic E-state index is 0.908. The maximum atomic E-state index is 6.73. The van der Waals surface area contributed by atoms with Crippen LogP contribution in [0.5, 0.6) is 0 Å². The van der Waals surface area contributed by atoms with E-state index < -0.39 is 0 Å². The Morgan fingerprint density at radius 2 is 0.755 bits per heavy atom. The zero-order valence-electron chi connectivity index (χ0n) is 28.9. The van der Waals surface area contributed by atoms with Gasteiger partial charge in [-0.1, -0.05) is 182 Å². The van der Waals surface area contributed by atoms with E-state index in [0.717, 1.165) is 27.3 Å². The van der Waals surface area contributed by atoms with E-state index in [2.05, 4.69) is 194 Å². The standard InChI is InChI=1S/C52H32O/c1-3-15-33(16-4-1)37-26-14-27-38(34-17-5-2-6-18-34)49(37)50-42-24-11-9-22-40(42)48(41-23-10-12-25-43(41)50)44-28-13-20-36-30-32-46-51(47(36)44)45-31-29-35-19-7-8-21-39(35)52(45)53-46/h1-32H. The van der Waals surface area contributed by atoms with Gasteiger partial charge in [-0.05, 0) is 89.0 Å². The van der Waals surface area contributed by atoms with Gasteiger partial charge in [0.1, 0.15) is 11.2 Å². The highest BCUT2D eigenvalue weighted by Gasteiger charge is 2.24. The van der Waals surface area contributed by atoms with Crippen molar-refractivity contribution in [3.05, 3.63) is 194 Å². The molecule has 0 fully saturated rings. The van der Waals surface area contributed by atoms with Gasteiger partial charge in [-0.3, -0.25) is 0 Å². The first-order valence-corrected chi connectivity index (χ1v) is 18.3. The van der Waals surface area contributed by atoms with E-state index in [-0.39, 0.29) is 0 Å². The molecule has 0 bridgehead atoms. The smallest absolute Gasteiger partial charge is 0.143 e. The Kier molecular flexibility index (Phi) is 6.62. The average molecular weight is 673 g/mol. The van der Waals surface area contributed by atoms with Crippen molar-refractivity contribution in [2.75, 3.05) is 0 Å². The molecule has 0 radical (unpaired) electrons. The molecule has 0 saturated carbocycles. The molecule has 11 aromatic rings. The summed E-state index contributed by atoms with van der Waals surface area (Å²) in [6.45, 7) is 0. The molecule has 0 N–H and O–H groups in total. The number of fused-ring (bicyclic) bond motifs is 9. The summed E-state index contributed by atoms with van der Waals surface area (Å²) in [5, 5.41) is 12.0. The van der Waals surface area contributed by atoms with E-state index in [1.165, 1.54) is 82.2 Å². The number of rotatable bonds is 4. The molecule has 10 aromatic carbocycles. The van der Waals surface area contributed by atoms with Crippen molar-refractivity contribution in [1.82, 2.24) is 0 Å². The van der Waals surface area contributed by atoms with Crippen LogP contribution in [-0.4, -0.2) is 0 Å². The van der Waals surface area contributed by atoms with E-state index >= 15 is 0 Å². The van der Waals surface area contributed by atoms with Gasteiger partial charge in [-0.2, -0.15) is 0 Å². The fourth-order valence-electron chi connectivity index (χ4n) is 8.81. The van der Waals surface area contributed by atoms with E-state index in [1.54, 1.807) is 0 Å². The molecule has 0 atom stereocenters. The minimum Gasteiger partial charge on any atom is -0.455 e. The lowest BCUT2D eigenvalue weighted by Crippen LogP contribution is -1.95. The van der Waals surface area contributed by atoms with Gasteiger partial charge < -0.3 is 4.42 Å². The Morgan fingerprint density at radius 3 is 1.40 bits per heavy atom. The third-order valence-corrected chi connectivity index (χ3v) is 11.1. The van der Waals surface area contributed by atoms with Crippen molar-refractivity contribution < 1.29 is 4.42 Å². The summed E-state index contributed by atoms with van der Waals surface area (Å²) >= 11 is 0. The van der Waals surface area contributed by atoms with Crippen LogP contribution in [0.4, 0.5) is 0 Å². The predicted molar refractivity (Wildman–Crippen MR) is 225 cm³/mol. The van der Waals surface area contributed by atoms with Gasteiger partial charge in [0.2, 0.25) is 0 Å². The average Bonchev–Trinajstić information content (AvgIpc) is 3.63. The van der Waals surface area contributed by atoms with Crippen molar-refractivity contribution in [1.29, 1.82) is 0 Å². The molecule has 0 aliphatic rings. The molecule has 0 amide bonds. The molecule has 0 aliphatic heterocycles. The summed E-state index contributed by atoms with van der Waals surface area (Å²) in [6.07, 6.45) is 0. The topological polar surface area (TPSA) is 13.1 Å². The van der Waals surface area contributed by atoms with Crippen molar-refractivity contribution in [2.45, 2.75) is 0 Å². The lowest BCUT2D eigenvalue weighted by atomic mass is 9.80. The third kappa shape index (κ3) is 4.51. The van der Waals surface area contributed by atoms with Gasteiger partial charge in [-0.15, -0.1) is 0 Å². The molecule has 0 aliphatic carbocycles. The van der Waals surface area contributed by atoms with Crippen LogP contribution in [0.1, 0.15) is 0 Å². The van der Waals surface area contributed by atoms with Crippen LogP contribution in [0, 0.1) is 0 Å². The van der Waals surface area contributed by atoms with Crippen LogP contribution in [0.15, 0.2) is 199 Å². The van der Waals surface area contributed by atoms with Crippen LogP contribution >= 0.6 is 0 Å². The van der Waals surface area contributed by atoms with Crippen molar-refractivity contribution in [2.24, 2.45) is 0 Å². The summed E-state index contributed by atoms with van der Waals surface area (Å²) in [4.78, 5) is 0. The molecule has 246 valence electrons. The molecule has 1 aromatic heterocycles. The van der Waals surface area contributed by atoms with Gasteiger partial charge >= 0.3 is 0 Å². The molecule has 0 spiro atoms. The highest BCUT2D eigenvalue weighted by atomic mass is 16.3. The Morgan fingerprint density at radius 1 is 0.264 bits per heavy atom. The van der Waals surface area contributed by atoms with E-state index in [4.69, 9.17) is 4.42 Å². The molecule has 11 rings (SSSR count). The first kappa shape index (κ1) is 29.7. The highest BCUT2D eigenvalue weighted by Crippen LogP contribution is 2.51. The second-order valence-corrected chi connectivity index (χ2v) is 13.9. The Labute approximate surface area is 307 Å². The highest BCUT2D eigenvalue weighted by molar-refractivity contribution is 6.30. The van der Waals surface area contributed by atoms with Gasteiger partial charge in [0.25, 0.3) is 0 Å². The molecule has 0 saturated heterocycles. The monoisotopic (exact) mass is 672 g/mol. The first-order chi connectivity index (χ1) is 26.3.